The molecule has 2 heterocycles. The van der Waals surface area contributed by atoms with Crippen LogP contribution in [0.4, 0.5) is 0 Å². The maximum absolute atomic E-state index is 5.83. The Balaban J connectivity index is 1.93. The van der Waals surface area contributed by atoms with Crippen molar-refractivity contribution in [2.24, 2.45) is 5.73 Å². The van der Waals surface area contributed by atoms with Crippen molar-refractivity contribution in [3.8, 4) is 10.7 Å². The summed E-state index contributed by atoms with van der Waals surface area (Å²) in [6, 6.07) is 9.92. The summed E-state index contributed by atoms with van der Waals surface area (Å²) in [6.45, 7) is 0.425. The van der Waals surface area contributed by atoms with Gasteiger partial charge in [0, 0.05) is 12.7 Å². The first-order valence-corrected chi connectivity index (χ1v) is 6.74. The average molecular weight is 272 g/mol. The van der Waals surface area contributed by atoms with Gasteiger partial charge in [-0.3, -0.25) is 4.98 Å². The van der Waals surface area contributed by atoms with Crippen LogP contribution in [0.1, 0.15) is 17.4 Å². The Morgan fingerprint density at radius 3 is 2.79 bits per heavy atom. The molecule has 0 saturated carbocycles. The van der Waals surface area contributed by atoms with Crippen LogP contribution in [0.25, 0.3) is 10.7 Å². The Morgan fingerprint density at radius 1 is 1.26 bits per heavy atom. The normalized spacial score (nSPS) is 12.5. The number of thiazole rings is 1. The highest BCUT2D eigenvalue weighted by Crippen LogP contribution is 2.25. The van der Waals surface area contributed by atoms with E-state index >= 15 is 0 Å². The number of hydrogen-bond acceptors (Lipinski definition) is 6. The maximum Gasteiger partial charge on any atom is 0.235 e. The molecule has 2 aromatic heterocycles. The number of rotatable bonds is 4. The van der Waals surface area contributed by atoms with E-state index in [4.69, 9.17) is 10.3 Å². The molecular formula is C13H12N4OS. The fourth-order valence-corrected chi connectivity index (χ4v) is 2.41. The van der Waals surface area contributed by atoms with Crippen LogP contribution >= 0.6 is 11.3 Å². The Labute approximate surface area is 114 Å². The predicted molar refractivity (Wildman–Crippen MR) is 72.7 cm³/mol. The molecule has 0 spiro atoms. The topological polar surface area (TPSA) is 77.8 Å². The minimum absolute atomic E-state index is 0.0737. The van der Waals surface area contributed by atoms with E-state index < -0.39 is 0 Å². The third-order valence-corrected chi connectivity index (χ3v) is 3.60. The number of hydrogen-bond donors (Lipinski definition) is 1. The van der Waals surface area contributed by atoms with Crippen LogP contribution in [-0.4, -0.2) is 21.7 Å². The van der Waals surface area contributed by atoms with E-state index in [1.165, 1.54) is 11.3 Å². The molecule has 0 aliphatic rings. The summed E-state index contributed by atoms with van der Waals surface area (Å²) in [4.78, 5) is 9.30. The molecule has 6 heteroatoms. The smallest absolute Gasteiger partial charge is 0.235 e. The van der Waals surface area contributed by atoms with Gasteiger partial charge in [-0.1, -0.05) is 35.5 Å². The SMILES string of the molecule is NCC(c1ccccc1)c1nc(-c2cncs2)no1. The summed E-state index contributed by atoms with van der Waals surface area (Å²) in [5.74, 6) is 1.03. The van der Waals surface area contributed by atoms with E-state index in [9.17, 15) is 0 Å². The van der Waals surface area contributed by atoms with Crippen LogP contribution < -0.4 is 5.73 Å². The summed E-state index contributed by atoms with van der Waals surface area (Å²) in [5.41, 5.74) is 8.64. The molecule has 96 valence electrons. The zero-order valence-corrected chi connectivity index (χ0v) is 10.9. The highest BCUT2D eigenvalue weighted by atomic mass is 32.1. The van der Waals surface area contributed by atoms with Crippen molar-refractivity contribution in [3.63, 3.8) is 0 Å². The Morgan fingerprint density at radius 2 is 2.11 bits per heavy atom. The Kier molecular flexibility index (Phi) is 3.35. The molecule has 19 heavy (non-hydrogen) atoms. The molecule has 0 fully saturated rings. The van der Waals surface area contributed by atoms with Crippen molar-refractivity contribution in [2.75, 3.05) is 6.54 Å². The van der Waals surface area contributed by atoms with Crippen LogP contribution in [0.5, 0.6) is 0 Å². The molecule has 0 aliphatic heterocycles. The zero-order valence-electron chi connectivity index (χ0n) is 10.1. The van der Waals surface area contributed by atoms with Gasteiger partial charge < -0.3 is 10.3 Å². The monoisotopic (exact) mass is 272 g/mol. The minimum Gasteiger partial charge on any atom is -0.338 e. The molecule has 1 atom stereocenters. The van der Waals surface area contributed by atoms with E-state index in [2.05, 4.69) is 15.1 Å². The second kappa shape index (κ2) is 5.29. The first-order valence-electron chi connectivity index (χ1n) is 5.86. The number of nitrogens with zero attached hydrogens (tertiary/aromatic N) is 3. The largest absolute Gasteiger partial charge is 0.338 e. The van der Waals surface area contributed by atoms with Crippen molar-refractivity contribution in [3.05, 3.63) is 53.5 Å². The van der Waals surface area contributed by atoms with Crippen molar-refractivity contribution < 1.29 is 4.52 Å². The predicted octanol–water partition coefficient (Wildman–Crippen LogP) is 2.28. The van der Waals surface area contributed by atoms with Gasteiger partial charge in [-0.15, -0.1) is 11.3 Å². The van der Waals surface area contributed by atoms with E-state index in [0.29, 0.717) is 18.3 Å². The summed E-state index contributed by atoms with van der Waals surface area (Å²) in [5, 5.41) is 3.98. The van der Waals surface area contributed by atoms with Crippen molar-refractivity contribution in [1.82, 2.24) is 15.1 Å². The molecule has 1 aromatic carbocycles. The third kappa shape index (κ3) is 2.40. The van der Waals surface area contributed by atoms with Gasteiger partial charge in [0.2, 0.25) is 11.7 Å². The second-order valence-corrected chi connectivity index (χ2v) is 4.91. The maximum atomic E-state index is 5.83. The summed E-state index contributed by atoms with van der Waals surface area (Å²) < 4.78 is 5.33. The number of aromatic nitrogens is 3. The van der Waals surface area contributed by atoms with Crippen LogP contribution in [0, 0.1) is 0 Å². The van der Waals surface area contributed by atoms with Gasteiger partial charge >= 0.3 is 0 Å². The lowest BCUT2D eigenvalue weighted by Gasteiger charge is -2.09. The van der Waals surface area contributed by atoms with Crippen LogP contribution in [0.2, 0.25) is 0 Å². The van der Waals surface area contributed by atoms with Gasteiger partial charge in [-0.2, -0.15) is 4.98 Å². The molecule has 0 amide bonds. The number of nitrogens with two attached hydrogens (primary N) is 1. The lowest BCUT2D eigenvalue weighted by atomic mass is 9.99. The van der Waals surface area contributed by atoms with Crippen molar-refractivity contribution >= 4 is 11.3 Å². The summed E-state index contributed by atoms with van der Waals surface area (Å²) in [7, 11) is 0. The molecular weight excluding hydrogens is 260 g/mol. The molecule has 0 bridgehead atoms. The Hall–Kier alpha value is -2.05. The van der Waals surface area contributed by atoms with Crippen molar-refractivity contribution in [1.29, 1.82) is 0 Å². The molecule has 2 N–H and O–H groups in total. The quantitative estimate of drug-likeness (QED) is 0.788. The van der Waals surface area contributed by atoms with Crippen LogP contribution in [0.15, 0.2) is 46.6 Å². The molecule has 0 saturated heterocycles. The van der Waals surface area contributed by atoms with E-state index in [0.717, 1.165) is 10.4 Å². The molecule has 5 nitrogen and oxygen atoms in total. The van der Waals surface area contributed by atoms with Crippen LogP contribution in [-0.2, 0) is 0 Å². The van der Waals surface area contributed by atoms with E-state index in [1.54, 1.807) is 11.7 Å². The average Bonchev–Trinajstić information content (AvgIpc) is 3.11. The van der Waals surface area contributed by atoms with Gasteiger partial charge in [0.1, 0.15) is 0 Å². The first kappa shape index (κ1) is 12.0. The first-order chi connectivity index (χ1) is 9.38. The molecule has 3 aromatic rings. The summed E-state index contributed by atoms with van der Waals surface area (Å²) in [6.07, 6.45) is 1.72. The van der Waals surface area contributed by atoms with E-state index in [1.807, 2.05) is 30.3 Å². The van der Waals surface area contributed by atoms with Gasteiger partial charge in [0.05, 0.1) is 16.3 Å². The molecule has 0 aliphatic carbocycles. The fourth-order valence-electron chi connectivity index (χ4n) is 1.87. The van der Waals surface area contributed by atoms with Gasteiger partial charge in [0.25, 0.3) is 0 Å². The van der Waals surface area contributed by atoms with E-state index in [-0.39, 0.29) is 5.92 Å². The lowest BCUT2D eigenvalue weighted by Crippen LogP contribution is -2.14. The molecule has 1 unspecified atom stereocenters. The zero-order chi connectivity index (χ0) is 13.1. The van der Waals surface area contributed by atoms with Crippen LogP contribution in [0.3, 0.4) is 0 Å². The number of benzene rings is 1. The molecule has 0 radical (unpaired) electrons. The highest BCUT2D eigenvalue weighted by molar-refractivity contribution is 7.13. The third-order valence-electron chi connectivity index (χ3n) is 2.83. The standard InChI is InChI=1S/C13H12N4OS/c14-6-10(9-4-2-1-3-5-9)13-16-12(17-18-13)11-7-15-8-19-11/h1-5,7-8,10H,6,14H2. The second-order valence-electron chi connectivity index (χ2n) is 4.02. The Bertz CT molecular complexity index is 636. The van der Waals surface area contributed by atoms with Gasteiger partial charge in [-0.05, 0) is 5.56 Å². The fraction of sp³-hybridized carbons (Fsp3) is 0.154. The lowest BCUT2D eigenvalue weighted by molar-refractivity contribution is 0.367. The minimum atomic E-state index is -0.0737. The van der Waals surface area contributed by atoms with Crippen molar-refractivity contribution in [2.45, 2.75) is 5.92 Å². The van der Waals surface area contributed by atoms with Gasteiger partial charge in [0.15, 0.2) is 0 Å². The summed E-state index contributed by atoms with van der Waals surface area (Å²) >= 11 is 1.48. The highest BCUT2D eigenvalue weighted by Gasteiger charge is 2.20. The van der Waals surface area contributed by atoms with Gasteiger partial charge in [-0.25, -0.2) is 0 Å². The molecule has 3 rings (SSSR count).